The summed E-state index contributed by atoms with van der Waals surface area (Å²) in [5.74, 6) is 0.580. The molecular weight excluding hydrogens is 304 g/mol. The number of para-hydroxylation sites is 1. The minimum atomic E-state index is -0.200. The first-order valence-corrected chi connectivity index (χ1v) is 7.94. The van der Waals surface area contributed by atoms with E-state index in [2.05, 4.69) is 0 Å². The van der Waals surface area contributed by atoms with Gasteiger partial charge in [-0.25, -0.2) is 0 Å². The normalized spacial score (nSPS) is 21.9. The van der Waals surface area contributed by atoms with E-state index in [9.17, 15) is 9.59 Å². The summed E-state index contributed by atoms with van der Waals surface area (Å²) in [4.78, 5) is 27.6. The van der Waals surface area contributed by atoms with E-state index in [0.717, 1.165) is 0 Å². The number of likely N-dealkylation sites (tertiary alicyclic amines) is 2. The lowest BCUT2D eigenvalue weighted by Gasteiger charge is -2.40. The molecule has 6 heteroatoms. The number of nitrogens with zero attached hydrogens (tertiary/aromatic N) is 2. The van der Waals surface area contributed by atoms with Crippen LogP contribution < -0.4 is 4.74 Å². The number of halogens is 1. The van der Waals surface area contributed by atoms with Crippen LogP contribution in [0.3, 0.4) is 0 Å². The van der Waals surface area contributed by atoms with Crippen LogP contribution in [0.5, 0.6) is 5.75 Å². The summed E-state index contributed by atoms with van der Waals surface area (Å²) in [7, 11) is 0. The first-order valence-electron chi connectivity index (χ1n) is 7.56. The summed E-state index contributed by atoms with van der Waals surface area (Å²) >= 11 is 6.05. The van der Waals surface area contributed by atoms with Gasteiger partial charge in [-0.2, -0.15) is 0 Å². The van der Waals surface area contributed by atoms with Crippen LogP contribution in [0.25, 0.3) is 0 Å². The molecule has 3 rings (SSSR count). The van der Waals surface area contributed by atoms with Crippen molar-refractivity contribution in [2.75, 3.05) is 26.2 Å². The average Bonchev–Trinajstić information content (AvgIpc) is 2.84. The van der Waals surface area contributed by atoms with Crippen molar-refractivity contribution in [2.45, 2.75) is 19.4 Å². The molecule has 2 aliphatic heterocycles. The Balaban J connectivity index is 1.50. The van der Waals surface area contributed by atoms with Crippen LogP contribution in [0.15, 0.2) is 24.3 Å². The van der Waals surface area contributed by atoms with Crippen LogP contribution in [0.4, 0.5) is 0 Å². The highest BCUT2D eigenvalue weighted by molar-refractivity contribution is 6.32. The summed E-state index contributed by atoms with van der Waals surface area (Å²) in [5, 5.41) is 0.576. The number of benzene rings is 1. The van der Waals surface area contributed by atoms with Crippen molar-refractivity contribution < 1.29 is 14.3 Å². The van der Waals surface area contributed by atoms with Crippen molar-refractivity contribution in [1.82, 2.24) is 9.80 Å². The van der Waals surface area contributed by atoms with E-state index < -0.39 is 0 Å². The van der Waals surface area contributed by atoms with Gasteiger partial charge in [0.25, 0.3) is 0 Å². The van der Waals surface area contributed by atoms with Crippen LogP contribution in [-0.4, -0.2) is 53.9 Å². The lowest BCUT2D eigenvalue weighted by Crippen LogP contribution is -2.57. The second-order valence-corrected chi connectivity index (χ2v) is 6.15. The Bertz CT molecular complexity index is 587. The minimum absolute atomic E-state index is 0.0248. The lowest BCUT2D eigenvalue weighted by molar-refractivity contribution is -0.144. The molecule has 0 spiro atoms. The lowest BCUT2D eigenvalue weighted by atomic mass is 10.0. The second kappa shape index (κ2) is 6.16. The molecule has 1 aromatic carbocycles. The molecule has 0 bridgehead atoms. The number of rotatable bonds is 4. The fourth-order valence-electron chi connectivity index (χ4n) is 2.91. The van der Waals surface area contributed by atoms with E-state index in [1.807, 2.05) is 25.1 Å². The molecule has 0 radical (unpaired) electrons. The van der Waals surface area contributed by atoms with Gasteiger partial charge < -0.3 is 14.5 Å². The zero-order valence-electron chi connectivity index (χ0n) is 12.5. The Morgan fingerprint density at radius 1 is 1.32 bits per heavy atom. The number of hydrogen-bond acceptors (Lipinski definition) is 3. The number of carbonyl (C=O) groups excluding carboxylic acids is 2. The van der Waals surface area contributed by atoms with Gasteiger partial charge in [-0.15, -0.1) is 0 Å². The van der Waals surface area contributed by atoms with Crippen molar-refractivity contribution in [1.29, 1.82) is 0 Å². The summed E-state index contributed by atoms with van der Waals surface area (Å²) in [6, 6.07) is 7.32. The fourth-order valence-corrected chi connectivity index (χ4v) is 3.09. The van der Waals surface area contributed by atoms with Crippen molar-refractivity contribution in [3.05, 3.63) is 29.3 Å². The molecule has 0 N–H and O–H groups in total. The van der Waals surface area contributed by atoms with Gasteiger partial charge in [-0.05, 0) is 19.1 Å². The van der Waals surface area contributed by atoms with Gasteiger partial charge in [0.15, 0.2) is 0 Å². The Kier molecular flexibility index (Phi) is 4.25. The molecule has 1 atom stereocenters. The smallest absolute Gasteiger partial charge is 0.228 e. The number of hydrogen-bond donors (Lipinski definition) is 0. The van der Waals surface area contributed by atoms with Gasteiger partial charge in [0, 0.05) is 19.5 Å². The maximum absolute atomic E-state index is 12.4. The molecule has 5 nitrogen and oxygen atoms in total. The largest absolute Gasteiger partial charge is 0.485 e. The van der Waals surface area contributed by atoms with E-state index >= 15 is 0 Å². The SMILES string of the molecule is CCN1C[C@@H](C(=O)N2CC(Oc3ccccc3Cl)C2)CC1=O. The van der Waals surface area contributed by atoms with Gasteiger partial charge in [0.05, 0.1) is 24.0 Å². The molecule has 2 fully saturated rings. The van der Waals surface area contributed by atoms with Gasteiger partial charge in [-0.3, -0.25) is 9.59 Å². The third kappa shape index (κ3) is 2.90. The molecule has 118 valence electrons. The first kappa shape index (κ1) is 15.2. The zero-order valence-corrected chi connectivity index (χ0v) is 13.3. The molecule has 2 aliphatic rings. The van der Waals surface area contributed by atoms with E-state index in [1.54, 1.807) is 15.9 Å². The third-order valence-corrected chi connectivity index (χ3v) is 4.55. The van der Waals surface area contributed by atoms with Crippen LogP contribution >= 0.6 is 11.6 Å². The molecular formula is C16H19ClN2O3. The predicted octanol–water partition coefficient (Wildman–Crippen LogP) is 1.80. The Hall–Kier alpha value is -1.75. The molecule has 0 aliphatic carbocycles. The summed E-state index contributed by atoms with van der Waals surface area (Å²) in [6.45, 7) is 4.26. The number of amides is 2. The molecule has 22 heavy (non-hydrogen) atoms. The van der Waals surface area contributed by atoms with E-state index in [4.69, 9.17) is 16.3 Å². The van der Waals surface area contributed by atoms with Crippen molar-refractivity contribution in [3.63, 3.8) is 0 Å². The van der Waals surface area contributed by atoms with Gasteiger partial charge in [0.1, 0.15) is 11.9 Å². The van der Waals surface area contributed by atoms with Crippen LogP contribution in [0.1, 0.15) is 13.3 Å². The monoisotopic (exact) mass is 322 g/mol. The van der Waals surface area contributed by atoms with Crippen molar-refractivity contribution in [3.8, 4) is 5.75 Å². The highest BCUT2D eigenvalue weighted by Crippen LogP contribution is 2.28. The third-order valence-electron chi connectivity index (χ3n) is 4.24. The van der Waals surface area contributed by atoms with E-state index in [0.29, 0.717) is 43.4 Å². The maximum Gasteiger partial charge on any atom is 0.228 e. The zero-order chi connectivity index (χ0) is 15.7. The second-order valence-electron chi connectivity index (χ2n) is 5.75. The molecule has 0 saturated carbocycles. The van der Waals surface area contributed by atoms with Crippen LogP contribution in [-0.2, 0) is 9.59 Å². The van der Waals surface area contributed by atoms with Gasteiger partial charge >= 0.3 is 0 Å². The molecule has 2 amide bonds. The summed E-state index contributed by atoms with van der Waals surface area (Å²) in [5.41, 5.74) is 0. The Labute approximate surface area is 134 Å². The fraction of sp³-hybridized carbons (Fsp3) is 0.500. The summed E-state index contributed by atoms with van der Waals surface area (Å²) < 4.78 is 5.78. The summed E-state index contributed by atoms with van der Waals surface area (Å²) in [6.07, 6.45) is 0.308. The van der Waals surface area contributed by atoms with Crippen LogP contribution in [0.2, 0.25) is 5.02 Å². The number of ether oxygens (including phenoxy) is 1. The quantitative estimate of drug-likeness (QED) is 0.849. The molecule has 0 unspecified atom stereocenters. The van der Waals surface area contributed by atoms with Crippen molar-refractivity contribution in [2.24, 2.45) is 5.92 Å². The minimum Gasteiger partial charge on any atom is -0.485 e. The highest BCUT2D eigenvalue weighted by atomic mass is 35.5. The Morgan fingerprint density at radius 2 is 2.05 bits per heavy atom. The van der Waals surface area contributed by atoms with E-state index in [-0.39, 0.29) is 23.8 Å². The molecule has 2 saturated heterocycles. The molecule has 1 aromatic rings. The van der Waals surface area contributed by atoms with Gasteiger partial charge in [-0.1, -0.05) is 23.7 Å². The van der Waals surface area contributed by atoms with E-state index in [1.165, 1.54) is 0 Å². The molecule has 2 heterocycles. The number of carbonyl (C=O) groups is 2. The maximum atomic E-state index is 12.4. The Morgan fingerprint density at radius 3 is 2.68 bits per heavy atom. The topological polar surface area (TPSA) is 49.9 Å². The van der Waals surface area contributed by atoms with Gasteiger partial charge in [0.2, 0.25) is 11.8 Å². The molecule has 0 aromatic heterocycles. The standard InChI is InChI=1S/C16H19ClN2O3/c1-2-18-8-11(7-15(18)20)16(21)19-9-12(10-19)22-14-6-4-3-5-13(14)17/h3-6,11-12H,2,7-10H2,1H3/t11-/m0/s1. The predicted molar refractivity (Wildman–Crippen MR) is 82.8 cm³/mol. The average molecular weight is 323 g/mol. The highest BCUT2D eigenvalue weighted by Gasteiger charge is 2.40. The van der Waals surface area contributed by atoms with Crippen LogP contribution in [0, 0.1) is 5.92 Å². The first-order chi connectivity index (χ1) is 10.6. The van der Waals surface area contributed by atoms with Crippen molar-refractivity contribution >= 4 is 23.4 Å².